The van der Waals surface area contributed by atoms with Crippen LogP contribution in [-0.2, 0) is 12.8 Å². The van der Waals surface area contributed by atoms with Gasteiger partial charge in [0.1, 0.15) is 11.6 Å². The molecule has 0 aromatic carbocycles. The Labute approximate surface area is 119 Å². The lowest BCUT2D eigenvalue weighted by Crippen LogP contribution is -2.09. The number of anilines is 1. The molecule has 0 bridgehead atoms. The molecule has 5 nitrogen and oxygen atoms in total. The van der Waals surface area contributed by atoms with Gasteiger partial charge in [-0.3, -0.25) is 4.98 Å². The van der Waals surface area contributed by atoms with Crippen LogP contribution in [0.25, 0.3) is 0 Å². The van der Waals surface area contributed by atoms with E-state index < -0.39 is 0 Å². The van der Waals surface area contributed by atoms with Crippen molar-refractivity contribution in [2.24, 2.45) is 0 Å². The molecular formula is C15H20N4O. The van der Waals surface area contributed by atoms with Crippen LogP contribution in [0.15, 0.2) is 24.4 Å². The molecular weight excluding hydrogens is 252 g/mol. The molecule has 0 amide bonds. The van der Waals surface area contributed by atoms with Crippen LogP contribution in [0, 0.1) is 6.92 Å². The number of nitrogens with one attached hydrogen (secondary N) is 1. The molecule has 0 fully saturated rings. The maximum absolute atomic E-state index is 5.79. The number of nitrogens with zero attached hydrogens (tertiary/aromatic N) is 3. The van der Waals surface area contributed by atoms with Crippen molar-refractivity contribution in [2.75, 3.05) is 19.0 Å². The quantitative estimate of drug-likeness (QED) is 0.875. The Hall–Kier alpha value is -2.17. The highest BCUT2D eigenvalue weighted by atomic mass is 16.5. The predicted molar refractivity (Wildman–Crippen MR) is 79.1 cm³/mol. The van der Waals surface area contributed by atoms with E-state index in [2.05, 4.69) is 20.3 Å². The molecule has 2 aromatic heterocycles. The van der Waals surface area contributed by atoms with E-state index in [1.807, 2.05) is 39.1 Å². The van der Waals surface area contributed by atoms with Crippen molar-refractivity contribution >= 4 is 5.82 Å². The van der Waals surface area contributed by atoms with Crippen molar-refractivity contribution in [3.05, 3.63) is 41.5 Å². The summed E-state index contributed by atoms with van der Waals surface area (Å²) in [6.45, 7) is 4.55. The molecule has 0 saturated carbocycles. The Morgan fingerprint density at radius 2 is 2.10 bits per heavy atom. The zero-order chi connectivity index (χ0) is 14.4. The van der Waals surface area contributed by atoms with Gasteiger partial charge >= 0.3 is 0 Å². The standard InChI is InChI=1S/C15H20N4O/c1-4-13-18-14(16-3)11(2)15(19-13)20-10-8-12-7-5-6-9-17-12/h5-7,9H,4,8,10H2,1-3H3,(H,16,18,19). The summed E-state index contributed by atoms with van der Waals surface area (Å²) >= 11 is 0. The molecule has 2 heterocycles. The molecule has 0 unspecified atom stereocenters. The van der Waals surface area contributed by atoms with Gasteiger partial charge in [-0.2, -0.15) is 4.98 Å². The molecule has 0 aliphatic carbocycles. The summed E-state index contributed by atoms with van der Waals surface area (Å²) in [6, 6.07) is 5.88. The van der Waals surface area contributed by atoms with E-state index in [0.717, 1.165) is 35.7 Å². The normalized spacial score (nSPS) is 10.3. The van der Waals surface area contributed by atoms with Gasteiger partial charge in [-0.25, -0.2) is 4.98 Å². The van der Waals surface area contributed by atoms with E-state index in [9.17, 15) is 0 Å². The Bertz CT molecular complexity index is 557. The summed E-state index contributed by atoms with van der Waals surface area (Å²) in [5, 5.41) is 3.08. The minimum Gasteiger partial charge on any atom is -0.477 e. The zero-order valence-corrected chi connectivity index (χ0v) is 12.2. The molecule has 2 rings (SSSR count). The highest BCUT2D eigenvalue weighted by molar-refractivity contribution is 5.48. The number of pyridine rings is 1. The van der Waals surface area contributed by atoms with Gasteiger partial charge < -0.3 is 10.1 Å². The summed E-state index contributed by atoms with van der Waals surface area (Å²) in [5.41, 5.74) is 1.95. The van der Waals surface area contributed by atoms with E-state index >= 15 is 0 Å². The van der Waals surface area contributed by atoms with E-state index in [0.29, 0.717) is 12.5 Å². The summed E-state index contributed by atoms with van der Waals surface area (Å²) in [7, 11) is 1.85. The molecule has 0 aliphatic heterocycles. The first-order chi connectivity index (χ1) is 9.74. The fourth-order valence-electron chi connectivity index (χ4n) is 1.88. The zero-order valence-electron chi connectivity index (χ0n) is 12.2. The molecule has 0 radical (unpaired) electrons. The lowest BCUT2D eigenvalue weighted by Gasteiger charge is -2.12. The number of aromatic nitrogens is 3. The maximum atomic E-state index is 5.79. The lowest BCUT2D eigenvalue weighted by molar-refractivity contribution is 0.304. The monoisotopic (exact) mass is 272 g/mol. The minimum absolute atomic E-state index is 0.557. The van der Waals surface area contributed by atoms with Gasteiger partial charge in [0.25, 0.3) is 0 Å². The van der Waals surface area contributed by atoms with Gasteiger partial charge in [0.05, 0.1) is 12.2 Å². The molecule has 0 spiro atoms. The van der Waals surface area contributed by atoms with Crippen LogP contribution in [0.5, 0.6) is 5.88 Å². The van der Waals surface area contributed by atoms with Crippen molar-refractivity contribution in [3.8, 4) is 5.88 Å². The van der Waals surface area contributed by atoms with Crippen molar-refractivity contribution in [3.63, 3.8) is 0 Å². The Balaban J connectivity index is 2.05. The average molecular weight is 272 g/mol. The van der Waals surface area contributed by atoms with Gasteiger partial charge in [0.2, 0.25) is 5.88 Å². The van der Waals surface area contributed by atoms with Crippen molar-refractivity contribution in [2.45, 2.75) is 26.7 Å². The summed E-state index contributed by atoms with van der Waals surface area (Å²) in [6.07, 6.45) is 3.34. The topological polar surface area (TPSA) is 59.9 Å². The van der Waals surface area contributed by atoms with Crippen LogP contribution in [0.2, 0.25) is 0 Å². The summed E-state index contributed by atoms with van der Waals surface area (Å²) < 4.78 is 5.79. The molecule has 1 N–H and O–H groups in total. The molecule has 20 heavy (non-hydrogen) atoms. The number of rotatable bonds is 6. The Kier molecular flexibility index (Phi) is 4.87. The van der Waals surface area contributed by atoms with Crippen LogP contribution in [0.3, 0.4) is 0 Å². The third-order valence-corrected chi connectivity index (χ3v) is 3.02. The lowest BCUT2D eigenvalue weighted by atomic mass is 10.3. The molecule has 0 saturated heterocycles. The molecule has 0 atom stereocenters. The van der Waals surface area contributed by atoms with E-state index in [4.69, 9.17) is 4.74 Å². The molecule has 106 valence electrons. The van der Waals surface area contributed by atoms with Crippen LogP contribution < -0.4 is 10.1 Å². The van der Waals surface area contributed by atoms with Crippen LogP contribution in [0.1, 0.15) is 24.0 Å². The first-order valence-electron chi connectivity index (χ1n) is 6.82. The van der Waals surface area contributed by atoms with Gasteiger partial charge in [-0.05, 0) is 19.1 Å². The molecule has 2 aromatic rings. The fourth-order valence-corrected chi connectivity index (χ4v) is 1.88. The first-order valence-corrected chi connectivity index (χ1v) is 6.82. The third-order valence-electron chi connectivity index (χ3n) is 3.02. The summed E-state index contributed by atoms with van der Waals surface area (Å²) in [5.74, 6) is 2.26. The second-order valence-electron chi connectivity index (χ2n) is 4.44. The molecule has 5 heteroatoms. The highest BCUT2D eigenvalue weighted by Crippen LogP contribution is 2.22. The van der Waals surface area contributed by atoms with Gasteiger partial charge in [0.15, 0.2) is 0 Å². The van der Waals surface area contributed by atoms with Crippen molar-refractivity contribution in [1.29, 1.82) is 0 Å². The Morgan fingerprint density at radius 1 is 1.25 bits per heavy atom. The average Bonchev–Trinajstić information content (AvgIpc) is 2.50. The fraction of sp³-hybridized carbons (Fsp3) is 0.400. The predicted octanol–water partition coefficient (Wildman–Crippen LogP) is 2.41. The SMILES string of the molecule is CCc1nc(NC)c(C)c(OCCc2ccccn2)n1. The van der Waals surface area contributed by atoms with Gasteiger partial charge in [-0.15, -0.1) is 0 Å². The number of hydrogen-bond acceptors (Lipinski definition) is 5. The number of aryl methyl sites for hydroxylation is 1. The van der Waals surface area contributed by atoms with Crippen molar-refractivity contribution in [1.82, 2.24) is 15.0 Å². The van der Waals surface area contributed by atoms with Crippen LogP contribution in [-0.4, -0.2) is 28.6 Å². The van der Waals surface area contributed by atoms with Crippen LogP contribution >= 0.6 is 0 Å². The molecule has 0 aliphatic rings. The largest absolute Gasteiger partial charge is 0.477 e. The third kappa shape index (κ3) is 3.44. The van der Waals surface area contributed by atoms with E-state index in [1.165, 1.54) is 0 Å². The Morgan fingerprint density at radius 3 is 2.75 bits per heavy atom. The van der Waals surface area contributed by atoms with Gasteiger partial charge in [0, 0.05) is 31.8 Å². The number of hydrogen-bond donors (Lipinski definition) is 1. The van der Waals surface area contributed by atoms with E-state index in [1.54, 1.807) is 6.20 Å². The summed E-state index contributed by atoms with van der Waals surface area (Å²) in [4.78, 5) is 13.1. The second kappa shape index (κ2) is 6.84. The van der Waals surface area contributed by atoms with Crippen molar-refractivity contribution < 1.29 is 4.74 Å². The minimum atomic E-state index is 0.557. The first kappa shape index (κ1) is 14.2. The number of ether oxygens (including phenoxy) is 1. The smallest absolute Gasteiger partial charge is 0.221 e. The highest BCUT2D eigenvalue weighted by Gasteiger charge is 2.10. The van der Waals surface area contributed by atoms with Crippen LogP contribution in [0.4, 0.5) is 5.82 Å². The van der Waals surface area contributed by atoms with E-state index in [-0.39, 0.29) is 0 Å². The van der Waals surface area contributed by atoms with Gasteiger partial charge in [-0.1, -0.05) is 13.0 Å². The maximum Gasteiger partial charge on any atom is 0.221 e. The second-order valence-corrected chi connectivity index (χ2v) is 4.44.